The number of nitrogens with zero attached hydrogens (tertiary/aromatic N) is 1. The summed E-state index contributed by atoms with van der Waals surface area (Å²) in [6.45, 7) is 2.56. The molecule has 1 amide bonds. The molecule has 1 aromatic heterocycles. The molecule has 0 aliphatic carbocycles. The van der Waals surface area contributed by atoms with E-state index in [9.17, 15) is 23.8 Å². The van der Waals surface area contributed by atoms with Crippen LogP contribution in [0.1, 0.15) is 18.1 Å². The van der Waals surface area contributed by atoms with Gasteiger partial charge in [-0.15, -0.1) is 0 Å². The molecule has 0 unspecified atom stereocenters. The van der Waals surface area contributed by atoms with Crippen LogP contribution in [0.4, 0.5) is 25.8 Å². The maximum absolute atomic E-state index is 13.5. The Kier molecular flexibility index (Phi) is 12.7. The van der Waals surface area contributed by atoms with Crippen molar-refractivity contribution in [1.29, 1.82) is 0 Å². The van der Waals surface area contributed by atoms with E-state index in [4.69, 9.17) is 0 Å². The zero-order chi connectivity index (χ0) is 37.9. The number of carbonyl (C=O) groups is 1. The van der Waals surface area contributed by atoms with E-state index in [2.05, 4.69) is 45.2 Å². The van der Waals surface area contributed by atoms with Gasteiger partial charge in [0, 0.05) is 80.4 Å². The number of amides is 1. The third kappa shape index (κ3) is 10.5. The molecule has 0 saturated heterocycles. The fourth-order valence-electron chi connectivity index (χ4n) is 5.30. The molecule has 5 N–H and O–H groups in total. The molecule has 7 rings (SSSR count). The minimum absolute atomic E-state index is 0.0995. The van der Waals surface area contributed by atoms with Crippen molar-refractivity contribution in [3.8, 4) is 11.5 Å². The van der Waals surface area contributed by atoms with Gasteiger partial charge < -0.3 is 26.2 Å². The van der Waals surface area contributed by atoms with Crippen molar-refractivity contribution in [1.82, 2.24) is 4.98 Å². The van der Waals surface area contributed by atoms with E-state index in [1.165, 1.54) is 31.2 Å². The number of phenols is 2. The van der Waals surface area contributed by atoms with Gasteiger partial charge in [0.2, 0.25) is 5.91 Å². The summed E-state index contributed by atoms with van der Waals surface area (Å²) in [5.74, 6) is -2.09. The topological polar surface area (TPSA) is 107 Å². The number of anilines is 3. The fourth-order valence-corrected chi connectivity index (χ4v) is 7.22. The van der Waals surface area contributed by atoms with Crippen LogP contribution in [0.25, 0.3) is 10.9 Å². The molecule has 0 aliphatic heterocycles. The van der Waals surface area contributed by atoms with Crippen molar-refractivity contribution < 1.29 is 23.8 Å². The lowest BCUT2D eigenvalue weighted by molar-refractivity contribution is -0.114. The van der Waals surface area contributed by atoms with Crippen LogP contribution < -0.4 is 16.0 Å². The van der Waals surface area contributed by atoms with Crippen LogP contribution in [-0.4, -0.2) is 21.1 Å². The number of fused-ring (bicyclic) bond motifs is 1. The summed E-state index contributed by atoms with van der Waals surface area (Å²) >= 11 is 3.29. The van der Waals surface area contributed by atoms with Gasteiger partial charge in [0.05, 0.1) is 5.52 Å². The molecule has 7 aromatic rings. The van der Waals surface area contributed by atoms with Crippen molar-refractivity contribution in [2.45, 2.75) is 39.6 Å². The lowest BCUT2D eigenvalue weighted by Crippen LogP contribution is -2.05. The Labute approximate surface area is 320 Å². The zero-order valence-corrected chi connectivity index (χ0v) is 30.7. The number of rotatable bonds is 11. The number of pyridine rings is 1. The Morgan fingerprint density at radius 1 is 0.611 bits per heavy atom. The first-order chi connectivity index (χ1) is 26.2. The first kappa shape index (κ1) is 37.7. The van der Waals surface area contributed by atoms with Crippen LogP contribution in [0.3, 0.4) is 0 Å². The third-order valence-corrected chi connectivity index (χ3v) is 10.2. The Balaban J connectivity index is 0.000000184. The van der Waals surface area contributed by atoms with Gasteiger partial charge in [-0.05, 0) is 90.0 Å². The SMILES string of the molecule is CC(=O)Nc1ccc(Sc2ccccc2CNc2ccc(O)c(F)c2)cc1.Oc1ccc(NCc2ccccc2Sc2ccc3cccnc3c2)cc1F. The lowest BCUT2D eigenvalue weighted by atomic mass is 10.2. The predicted molar refractivity (Wildman–Crippen MR) is 214 cm³/mol. The molecule has 1 heterocycles. The highest BCUT2D eigenvalue weighted by molar-refractivity contribution is 7.99. The third-order valence-electron chi connectivity index (χ3n) is 8.01. The summed E-state index contributed by atoms with van der Waals surface area (Å²) in [4.78, 5) is 19.9. The van der Waals surface area contributed by atoms with Crippen molar-refractivity contribution in [3.05, 3.63) is 168 Å². The van der Waals surface area contributed by atoms with Gasteiger partial charge in [0.1, 0.15) is 0 Å². The van der Waals surface area contributed by atoms with Gasteiger partial charge in [0.25, 0.3) is 0 Å². The highest BCUT2D eigenvalue weighted by Gasteiger charge is 2.09. The van der Waals surface area contributed by atoms with Gasteiger partial charge in [-0.1, -0.05) is 72.1 Å². The van der Waals surface area contributed by atoms with Crippen LogP contribution in [0.15, 0.2) is 165 Å². The number of phenolic OH excluding ortho intramolecular Hbond substituents is 2. The van der Waals surface area contributed by atoms with Gasteiger partial charge in [-0.25, -0.2) is 8.78 Å². The van der Waals surface area contributed by atoms with Crippen molar-refractivity contribution in [3.63, 3.8) is 0 Å². The van der Waals surface area contributed by atoms with E-state index >= 15 is 0 Å². The number of benzene rings is 6. The molecular formula is C43H36F2N4O3S2. The molecular weight excluding hydrogens is 723 g/mol. The lowest BCUT2D eigenvalue weighted by Gasteiger charge is -2.12. The summed E-state index contributed by atoms with van der Waals surface area (Å²) in [7, 11) is 0. The first-order valence-electron chi connectivity index (χ1n) is 16.9. The van der Waals surface area contributed by atoms with Crippen LogP contribution >= 0.6 is 23.5 Å². The number of nitrogens with one attached hydrogen (secondary N) is 3. The summed E-state index contributed by atoms with van der Waals surface area (Å²) in [6.07, 6.45) is 1.80. The molecule has 11 heteroatoms. The second kappa shape index (κ2) is 18.1. The summed E-state index contributed by atoms with van der Waals surface area (Å²) in [6, 6.07) is 42.5. The number of aromatic nitrogens is 1. The van der Waals surface area contributed by atoms with E-state index in [0.717, 1.165) is 47.3 Å². The largest absolute Gasteiger partial charge is 0.505 e. The predicted octanol–water partition coefficient (Wildman–Crippen LogP) is 11.1. The average Bonchev–Trinajstić information content (AvgIpc) is 3.17. The van der Waals surface area contributed by atoms with Crippen LogP contribution in [0.2, 0.25) is 0 Å². The van der Waals surface area contributed by atoms with E-state index in [-0.39, 0.29) is 17.4 Å². The number of halogens is 2. The molecule has 6 aromatic carbocycles. The molecule has 272 valence electrons. The quantitative estimate of drug-likeness (QED) is 0.0831. The average molecular weight is 759 g/mol. The normalized spacial score (nSPS) is 10.6. The smallest absolute Gasteiger partial charge is 0.221 e. The van der Waals surface area contributed by atoms with Gasteiger partial charge in [-0.3, -0.25) is 9.78 Å². The van der Waals surface area contributed by atoms with Crippen LogP contribution in [0, 0.1) is 11.6 Å². The molecule has 0 atom stereocenters. The second-order valence-electron chi connectivity index (χ2n) is 12.0. The van der Waals surface area contributed by atoms with Crippen LogP contribution in [-0.2, 0) is 17.9 Å². The number of carbonyl (C=O) groups excluding carboxylic acids is 1. The van der Waals surface area contributed by atoms with Gasteiger partial charge in [-0.2, -0.15) is 0 Å². The summed E-state index contributed by atoms with van der Waals surface area (Å²) < 4.78 is 27.0. The molecule has 0 bridgehead atoms. The van der Waals surface area contributed by atoms with Crippen molar-refractivity contribution in [2.24, 2.45) is 0 Å². The van der Waals surface area contributed by atoms with E-state index in [0.29, 0.717) is 24.5 Å². The van der Waals surface area contributed by atoms with E-state index < -0.39 is 11.6 Å². The maximum atomic E-state index is 13.5. The van der Waals surface area contributed by atoms with Gasteiger partial charge >= 0.3 is 0 Å². The molecule has 0 aliphatic rings. The fraction of sp³-hybridized carbons (Fsp3) is 0.0698. The Morgan fingerprint density at radius 3 is 1.69 bits per heavy atom. The minimum Gasteiger partial charge on any atom is -0.505 e. The van der Waals surface area contributed by atoms with Gasteiger partial charge in [0.15, 0.2) is 23.1 Å². The Bertz CT molecular complexity index is 2380. The Hall–Kier alpha value is -6.04. The standard InChI is InChI=1S/C22H17FN2OS.C21H19FN2O2S/c23-19-12-17(8-10-21(19)26)25-14-16-4-1-2-6-22(16)27-18-9-7-15-5-3-11-24-20(15)13-18;1-14(25)24-16-6-9-18(10-7-16)27-21-5-3-2-4-15(21)13-23-17-8-11-20(26)19(22)12-17/h1-13,25-26H,14H2;2-12,23,26H,13H2,1H3,(H,24,25). The molecule has 7 nitrogen and oxygen atoms in total. The summed E-state index contributed by atoms with van der Waals surface area (Å²) in [5, 5.41) is 28.8. The molecule has 0 fully saturated rings. The zero-order valence-electron chi connectivity index (χ0n) is 29.1. The molecule has 0 saturated carbocycles. The van der Waals surface area contributed by atoms with E-state index in [1.54, 1.807) is 41.9 Å². The first-order valence-corrected chi connectivity index (χ1v) is 18.5. The number of aromatic hydroxyl groups is 2. The van der Waals surface area contributed by atoms with Crippen molar-refractivity contribution in [2.75, 3.05) is 16.0 Å². The highest BCUT2D eigenvalue weighted by atomic mass is 32.2. The van der Waals surface area contributed by atoms with Crippen molar-refractivity contribution >= 4 is 57.4 Å². The highest BCUT2D eigenvalue weighted by Crippen LogP contribution is 2.34. The molecule has 54 heavy (non-hydrogen) atoms. The monoisotopic (exact) mass is 758 g/mol. The second-order valence-corrected chi connectivity index (χ2v) is 14.3. The van der Waals surface area contributed by atoms with Crippen LogP contribution in [0.5, 0.6) is 11.5 Å². The number of hydrogen-bond acceptors (Lipinski definition) is 8. The number of hydrogen-bond donors (Lipinski definition) is 5. The molecule has 0 spiro atoms. The Morgan fingerprint density at radius 2 is 1.13 bits per heavy atom. The maximum Gasteiger partial charge on any atom is 0.221 e. The summed E-state index contributed by atoms with van der Waals surface area (Å²) in [5.41, 5.74) is 5.14. The van der Waals surface area contributed by atoms with E-state index in [1.807, 2.05) is 78.9 Å². The molecule has 0 radical (unpaired) electrons. The minimum atomic E-state index is -0.651.